The van der Waals surface area contributed by atoms with Gasteiger partial charge in [0.05, 0.1) is 0 Å². The van der Waals surface area contributed by atoms with Crippen molar-refractivity contribution < 1.29 is 0 Å². The van der Waals surface area contributed by atoms with Gasteiger partial charge in [-0.3, -0.25) is 0 Å². The molecular formula is C10H17N. The van der Waals surface area contributed by atoms with Crippen molar-refractivity contribution in [2.45, 2.75) is 25.8 Å². The predicted octanol–water partition coefficient (Wildman–Crippen LogP) is 2.42. The van der Waals surface area contributed by atoms with Crippen molar-refractivity contribution in [1.29, 1.82) is 0 Å². The summed E-state index contributed by atoms with van der Waals surface area (Å²) in [6.07, 6.45) is 6.41. The van der Waals surface area contributed by atoms with Crippen LogP contribution in [0.25, 0.3) is 0 Å². The highest BCUT2D eigenvalue weighted by molar-refractivity contribution is 4.90. The summed E-state index contributed by atoms with van der Waals surface area (Å²) in [7, 11) is 0. The first kappa shape index (κ1) is 8.38. The highest BCUT2D eigenvalue weighted by Crippen LogP contribution is 2.25. The maximum Gasteiger partial charge on any atom is 0.0259 e. The molecule has 0 aliphatic carbocycles. The first-order valence-corrected chi connectivity index (χ1v) is 4.27. The van der Waals surface area contributed by atoms with E-state index in [1.807, 2.05) is 12.3 Å². The monoisotopic (exact) mass is 151 g/mol. The molecule has 11 heavy (non-hydrogen) atoms. The normalized spacial score (nSPS) is 30.5. The van der Waals surface area contributed by atoms with Gasteiger partial charge in [-0.25, -0.2) is 0 Å². The Labute approximate surface area is 69.4 Å². The third kappa shape index (κ3) is 1.86. The van der Waals surface area contributed by atoms with Gasteiger partial charge in [0, 0.05) is 12.6 Å². The van der Waals surface area contributed by atoms with E-state index in [4.69, 9.17) is 0 Å². The molecule has 1 aliphatic heterocycles. The fourth-order valence-corrected chi connectivity index (χ4v) is 1.83. The zero-order valence-electron chi connectivity index (χ0n) is 7.29. The highest BCUT2D eigenvalue weighted by Gasteiger charge is 2.24. The molecule has 1 aliphatic rings. The standard InChI is InChI=1S/C10H17N/c1-4-6-10-7-9(3)11(5-2)8-10/h4-5,9-10H,1-2,6-8H2,3H3/t9-,10+/m1/s1. The molecule has 0 aromatic heterocycles. The molecule has 1 nitrogen and oxygen atoms in total. The van der Waals surface area contributed by atoms with Gasteiger partial charge in [-0.05, 0) is 31.9 Å². The van der Waals surface area contributed by atoms with E-state index >= 15 is 0 Å². The van der Waals surface area contributed by atoms with Gasteiger partial charge in [0.15, 0.2) is 0 Å². The van der Waals surface area contributed by atoms with Gasteiger partial charge in [-0.2, -0.15) is 0 Å². The van der Waals surface area contributed by atoms with E-state index in [-0.39, 0.29) is 0 Å². The zero-order chi connectivity index (χ0) is 8.27. The quantitative estimate of drug-likeness (QED) is 0.560. The van der Waals surface area contributed by atoms with Gasteiger partial charge < -0.3 is 4.90 Å². The molecular weight excluding hydrogens is 134 g/mol. The second-order valence-electron chi connectivity index (χ2n) is 3.35. The van der Waals surface area contributed by atoms with Crippen molar-refractivity contribution in [3.63, 3.8) is 0 Å². The maximum absolute atomic E-state index is 3.79. The van der Waals surface area contributed by atoms with Crippen LogP contribution in [-0.4, -0.2) is 17.5 Å². The highest BCUT2D eigenvalue weighted by atomic mass is 15.2. The van der Waals surface area contributed by atoms with E-state index in [0.29, 0.717) is 6.04 Å². The molecule has 0 aromatic carbocycles. The lowest BCUT2D eigenvalue weighted by Gasteiger charge is -2.17. The molecule has 0 spiro atoms. The minimum Gasteiger partial charge on any atom is -0.375 e. The van der Waals surface area contributed by atoms with Gasteiger partial charge in [-0.1, -0.05) is 12.7 Å². The summed E-state index contributed by atoms with van der Waals surface area (Å²) in [6.45, 7) is 11.0. The smallest absolute Gasteiger partial charge is 0.0259 e. The Morgan fingerprint density at radius 3 is 2.73 bits per heavy atom. The molecule has 0 amide bonds. The molecule has 0 N–H and O–H groups in total. The summed E-state index contributed by atoms with van der Waals surface area (Å²) in [5, 5.41) is 0. The first-order valence-electron chi connectivity index (χ1n) is 4.27. The molecule has 1 rings (SSSR count). The van der Waals surface area contributed by atoms with Gasteiger partial charge in [-0.15, -0.1) is 6.58 Å². The minimum atomic E-state index is 0.678. The van der Waals surface area contributed by atoms with E-state index in [0.717, 1.165) is 18.9 Å². The Bertz CT molecular complexity index is 151. The van der Waals surface area contributed by atoms with E-state index in [9.17, 15) is 0 Å². The van der Waals surface area contributed by atoms with Crippen LogP contribution in [-0.2, 0) is 0 Å². The van der Waals surface area contributed by atoms with Crippen LogP contribution in [0.5, 0.6) is 0 Å². The number of hydrogen-bond acceptors (Lipinski definition) is 1. The Morgan fingerprint density at radius 2 is 2.27 bits per heavy atom. The van der Waals surface area contributed by atoms with Crippen LogP contribution in [0.3, 0.4) is 0 Å². The molecule has 0 unspecified atom stereocenters. The summed E-state index contributed by atoms with van der Waals surface area (Å²) in [5.74, 6) is 0.806. The Morgan fingerprint density at radius 1 is 1.55 bits per heavy atom. The van der Waals surface area contributed by atoms with Crippen LogP contribution in [0.2, 0.25) is 0 Å². The molecule has 0 bridgehead atoms. The van der Waals surface area contributed by atoms with Crippen molar-refractivity contribution in [3.8, 4) is 0 Å². The molecule has 1 fully saturated rings. The fourth-order valence-electron chi connectivity index (χ4n) is 1.83. The summed E-state index contributed by atoms with van der Waals surface area (Å²) >= 11 is 0. The second kappa shape index (κ2) is 3.61. The molecule has 1 heteroatoms. The van der Waals surface area contributed by atoms with Crippen LogP contribution < -0.4 is 0 Å². The van der Waals surface area contributed by atoms with Gasteiger partial charge in [0.2, 0.25) is 0 Å². The third-order valence-corrected chi connectivity index (χ3v) is 2.44. The molecule has 0 saturated carbocycles. The largest absolute Gasteiger partial charge is 0.375 e. The molecule has 0 radical (unpaired) electrons. The average molecular weight is 151 g/mol. The molecule has 1 heterocycles. The lowest BCUT2D eigenvalue weighted by Crippen LogP contribution is -2.19. The Balaban J connectivity index is 2.42. The van der Waals surface area contributed by atoms with Crippen molar-refractivity contribution in [2.24, 2.45) is 5.92 Å². The summed E-state index contributed by atoms with van der Waals surface area (Å²) in [4.78, 5) is 2.31. The van der Waals surface area contributed by atoms with E-state index in [1.165, 1.54) is 6.42 Å². The number of hydrogen-bond donors (Lipinski definition) is 0. The molecule has 1 saturated heterocycles. The maximum atomic E-state index is 3.79. The number of nitrogens with zero attached hydrogens (tertiary/aromatic N) is 1. The van der Waals surface area contributed by atoms with E-state index in [1.54, 1.807) is 0 Å². The van der Waals surface area contributed by atoms with Crippen molar-refractivity contribution in [2.75, 3.05) is 6.54 Å². The minimum absolute atomic E-state index is 0.678. The molecule has 2 atom stereocenters. The van der Waals surface area contributed by atoms with Crippen molar-refractivity contribution in [3.05, 3.63) is 25.4 Å². The van der Waals surface area contributed by atoms with Crippen molar-refractivity contribution >= 4 is 0 Å². The number of allylic oxidation sites excluding steroid dienone is 1. The van der Waals surface area contributed by atoms with Crippen LogP contribution in [0.4, 0.5) is 0 Å². The van der Waals surface area contributed by atoms with Gasteiger partial charge >= 0.3 is 0 Å². The van der Waals surface area contributed by atoms with E-state index in [2.05, 4.69) is 25.0 Å². The predicted molar refractivity (Wildman–Crippen MR) is 49.3 cm³/mol. The van der Waals surface area contributed by atoms with Crippen LogP contribution >= 0.6 is 0 Å². The topological polar surface area (TPSA) is 3.24 Å². The zero-order valence-corrected chi connectivity index (χ0v) is 7.29. The Hall–Kier alpha value is -0.720. The summed E-state index contributed by atoms with van der Waals surface area (Å²) in [5.41, 5.74) is 0. The van der Waals surface area contributed by atoms with Crippen LogP contribution in [0.1, 0.15) is 19.8 Å². The average Bonchev–Trinajstić information content (AvgIpc) is 2.32. The third-order valence-electron chi connectivity index (χ3n) is 2.44. The fraction of sp³-hybridized carbons (Fsp3) is 0.600. The lowest BCUT2D eigenvalue weighted by molar-refractivity contribution is 0.368. The second-order valence-corrected chi connectivity index (χ2v) is 3.35. The van der Waals surface area contributed by atoms with Crippen molar-refractivity contribution in [1.82, 2.24) is 4.90 Å². The summed E-state index contributed by atoms with van der Waals surface area (Å²) < 4.78 is 0. The molecule has 62 valence electrons. The molecule has 0 aromatic rings. The van der Waals surface area contributed by atoms with Gasteiger partial charge in [0.25, 0.3) is 0 Å². The van der Waals surface area contributed by atoms with E-state index < -0.39 is 0 Å². The SMILES string of the molecule is C=CC[C@H]1C[C@@H](C)N(C=C)C1. The lowest BCUT2D eigenvalue weighted by atomic mass is 10.0. The number of likely N-dealkylation sites (tertiary alicyclic amines) is 1. The van der Waals surface area contributed by atoms with Crippen LogP contribution in [0.15, 0.2) is 25.4 Å². The number of rotatable bonds is 3. The van der Waals surface area contributed by atoms with Gasteiger partial charge in [0.1, 0.15) is 0 Å². The Kier molecular flexibility index (Phi) is 2.75. The van der Waals surface area contributed by atoms with Crippen LogP contribution in [0, 0.1) is 5.92 Å². The summed E-state index contributed by atoms with van der Waals surface area (Å²) in [6, 6.07) is 0.678. The first-order chi connectivity index (χ1) is 5.27.